The Bertz CT molecular complexity index is 944. The van der Waals surface area contributed by atoms with E-state index in [0.29, 0.717) is 16.9 Å². The van der Waals surface area contributed by atoms with Crippen LogP contribution in [0.4, 0.5) is 9.18 Å². The van der Waals surface area contributed by atoms with Crippen molar-refractivity contribution < 1.29 is 13.9 Å². The predicted octanol–water partition coefficient (Wildman–Crippen LogP) is 5.35. The third-order valence-electron chi connectivity index (χ3n) is 3.54. The molecule has 0 aliphatic carbocycles. The highest BCUT2D eigenvalue weighted by Gasteiger charge is 2.23. The first-order valence-electron chi connectivity index (χ1n) is 7.84. The van der Waals surface area contributed by atoms with Crippen LogP contribution in [0, 0.1) is 5.82 Å². The van der Waals surface area contributed by atoms with Crippen LogP contribution in [0.25, 0.3) is 22.3 Å². The number of halogens is 1. The molecular formula is C19H19FN2O2S. The number of hydrogen-bond donors (Lipinski definition) is 0. The summed E-state index contributed by atoms with van der Waals surface area (Å²) in [6.45, 7) is 5.39. The molecule has 2 heterocycles. The smallest absolute Gasteiger partial charge is 0.419 e. The van der Waals surface area contributed by atoms with Gasteiger partial charge in [-0.2, -0.15) is 0 Å². The quantitative estimate of drug-likeness (QED) is 0.580. The first-order valence-corrected chi connectivity index (χ1v) is 9.07. The molecule has 0 radical (unpaired) electrons. The zero-order chi connectivity index (χ0) is 18.2. The average Bonchev–Trinajstić information content (AvgIpc) is 2.92. The van der Waals surface area contributed by atoms with Crippen LogP contribution in [0.15, 0.2) is 47.5 Å². The van der Waals surface area contributed by atoms with Gasteiger partial charge in [-0.3, -0.25) is 0 Å². The molecule has 0 N–H and O–H groups in total. The van der Waals surface area contributed by atoms with Gasteiger partial charge < -0.3 is 4.74 Å². The number of hydrogen-bond acceptors (Lipinski definition) is 4. The van der Waals surface area contributed by atoms with E-state index < -0.39 is 17.5 Å². The molecule has 0 saturated heterocycles. The lowest BCUT2D eigenvalue weighted by Gasteiger charge is -2.21. The molecule has 3 rings (SSSR count). The number of rotatable bonds is 2. The van der Waals surface area contributed by atoms with Gasteiger partial charge in [-0.15, -0.1) is 11.8 Å². The molecule has 4 nitrogen and oxygen atoms in total. The lowest BCUT2D eigenvalue weighted by atomic mass is 10.2. The molecule has 0 aliphatic rings. The SMILES string of the molecule is CSc1cccc(-c2cc3ccc(F)cc3n2C(=O)OC(C)(C)C)n1. The van der Waals surface area contributed by atoms with E-state index in [1.165, 1.54) is 28.5 Å². The van der Waals surface area contributed by atoms with E-state index in [2.05, 4.69) is 4.98 Å². The van der Waals surface area contributed by atoms with Crippen molar-refractivity contribution >= 4 is 28.8 Å². The van der Waals surface area contributed by atoms with Gasteiger partial charge in [0.05, 0.1) is 21.9 Å². The molecule has 0 fully saturated rings. The fraction of sp³-hybridized carbons (Fsp3) is 0.263. The number of carbonyl (C=O) groups excluding carboxylic acids is 1. The number of nitrogens with zero attached hydrogens (tertiary/aromatic N) is 2. The van der Waals surface area contributed by atoms with Gasteiger partial charge in [0.25, 0.3) is 0 Å². The maximum atomic E-state index is 13.8. The summed E-state index contributed by atoms with van der Waals surface area (Å²) in [6, 6.07) is 11.8. The molecule has 0 atom stereocenters. The average molecular weight is 358 g/mol. The van der Waals surface area contributed by atoms with Gasteiger partial charge in [0, 0.05) is 5.39 Å². The minimum absolute atomic E-state index is 0.409. The minimum atomic E-state index is -0.660. The van der Waals surface area contributed by atoms with E-state index in [4.69, 9.17) is 4.74 Å². The zero-order valence-corrected chi connectivity index (χ0v) is 15.4. The number of thioether (sulfide) groups is 1. The Labute approximate surface area is 150 Å². The Morgan fingerprint density at radius 1 is 1.20 bits per heavy atom. The normalized spacial score (nSPS) is 11.7. The van der Waals surface area contributed by atoms with Gasteiger partial charge in [-0.1, -0.05) is 6.07 Å². The molecular weight excluding hydrogens is 339 g/mol. The van der Waals surface area contributed by atoms with Crippen molar-refractivity contribution in [2.45, 2.75) is 31.4 Å². The second kappa shape index (κ2) is 6.52. The van der Waals surface area contributed by atoms with Crippen LogP contribution in [-0.2, 0) is 4.74 Å². The fourth-order valence-corrected chi connectivity index (χ4v) is 2.94. The number of pyridine rings is 1. The Morgan fingerprint density at radius 3 is 2.64 bits per heavy atom. The van der Waals surface area contributed by atoms with E-state index in [0.717, 1.165) is 10.4 Å². The predicted molar refractivity (Wildman–Crippen MR) is 98.5 cm³/mol. The van der Waals surface area contributed by atoms with Crippen molar-refractivity contribution in [1.29, 1.82) is 0 Å². The van der Waals surface area contributed by atoms with Crippen molar-refractivity contribution in [2.24, 2.45) is 0 Å². The topological polar surface area (TPSA) is 44.1 Å². The molecule has 1 aromatic carbocycles. The van der Waals surface area contributed by atoms with Crippen molar-refractivity contribution in [3.05, 3.63) is 48.3 Å². The largest absolute Gasteiger partial charge is 0.443 e. The highest BCUT2D eigenvalue weighted by Crippen LogP contribution is 2.30. The highest BCUT2D eigenvalue weighted by molar-refractivity contribution is 7.98. The van der Waals surface area contributed by atoms with Crippen LogP contribution in [-0.4, -0.2) is 27.5 Å². The highest BCUT2D eigenvalue weighted by atomic mass is 32.2. The van der Waals surface area contributed by atoms with Crippen LogP contribution in [0.2, 0.25) is 0 Å². The summed E-state index contributed by atoms with van der Waals surface area (Å²) in [7, 11) is 0. The van der Waals surface area contributed by atoms with Gasteiger partial charge in [-0.25, -0.2) is 18.7 Å². The maximum absolute atomic E-state index is 13.8. The molecule has 6 heteroatoms. The summed E-state index contributed by atoms with van der Waals surface area (Å²) < 4.78 is 20.7. The summed E-state index contributed by atoms with van der Waals surface area (Å²) in [5.41, 5.74) is 1.01. The molecule has 0 amide bonds. The van der Waals surface area contributed by atoms with Gasteiger partial charge in [0.1, 0.15) is 11.4 Å². The van der Waals surface area contributed by atoms with Crippen LogP contribution >= 0.6 is 11.8 Å². The summed E-state index contributed by atoms with van der Waals surface area (Å²) in [5.74, 6) is -0.409. The van der Waals surface area contributed by atoms with E-state index in [9.17, 15) is 9.18 Å². The summed E-state index contributed by atoms with van der Waals surface area (Å²) >= 11 is 1.51. The molecule has 0 aliphatic heterocycles. The van der Waals surface area contributed by atoms with E-state index in [1.807, 2.05) is 30.5 Å². The summed E-state index contributed by atoms with van der Waals surface area (Å²) in [5, 5.41) is 1.59. The monoisotopic (exact) mass is 358 g/mol. The maximum Gasteiger partial charge on any atom is 0.419 e. The third-order valence-corrected chi connectivity index (χ3v) is 4.18. The van der Waals surface area contributed by atoms with Crippen molar-refractivity contribution in [3.8, 4) is 11.4 Å². The van der Waals surface area contributed by atoms with E-state index in [1.54, 1.807) is 26.8 Å². The first kappa shape index (κ1) is 17.5. The van der Waals surface area contributed by atoms with Crippen LogP contribution in [0.5, 0.6) is 0 Å². The molecule has 0 saturated carbocycles. The number of benzene rings is 1. The molecule has 0 bridgehead atoms. The van der Waals surface area contributed by atoms with Crippen molar-refractivity contribution in [1.82, 2.24) is 9.55 Å². The Kier molecular flexibility index (Phi) is 4.56. The van der Waals surface area contributed by atoms with Gasteiger partial charge in [0.15, 0.2) is 0 Å². The minimum Gasteiger partial charge on any atom is -0.443 e. The standard InChI is InChI=1S/C19H19FN2O2S/c1-19(2,3)24-18(23)22-15-11-13(20)9-8-12(15)10-16(22)14-6-5-7-17(21-14)25-4/h5-11H,1-4H3. The van der Waals surface area contributed by atoms with Crippen molar-refractivity contribution in [3.63, 3.8) is 0 Å². The zero-order valence-electron chi connectivity index (χ0n) is 14.5. The molecule has 0 spiro atoms. The van der Waals surface area contributed by atoms with Gasteiger partial charge in [0.2, 0.25) is 0 Å². The lowest BCUT2D eigenvalue weighted by Crippen LogP contribution is -2.27. The Hall–Kier alpha value is -2.34. The number of fused-ring (bicyclic) bond motifs is 1. The lowest BCUT2D eigenvalue weighted by molar-refractivity contribution is 0.0547. The van der Waals surface area contributed by atoms with E-state index >= 15 is 0 Å². The molecule has 3 aromatic rings. The summed E-state index contributed by atoms with van der Waals surface area (Å²) in [4.78, 5) is 17.3. The van der Waals surface area contributed by atoms with Crippen LogP contribution < -0.4 is 0 Å². The molecule has 130 valence electrons. The van der Waals surface area contributed by atoms with Crippen LogP contribution in [0.3, 0.4) is 0 Å². The fourth-order valence-electron chi connectivity index (χ4n) is 2.54. The Balaban J connectivity index is 2.23. The number of ether oxygens (including phenoxy) is 1. The molecule has 0 unspecified atom stereocenters. The van der Waals surface area contributed by atoms with Crippen LogP contribution in [0.1, 0.15) is 20.8 Å². The van der Waals surface area contributed by atoms with Crippen molar-refractivity contribution in [2.75, 3.05) is 6.26 Å². The van der Waals surface area contributed by atoms with Gasteiger partial charge in [-0.05, 0) is 63.4 Å². The second-order valence-electron chi connectivity index (χ2n) is 6.61. The number of carbonyl (C=O) groups is 1. The Morgan fingerprint density at radius 2 is 1.96 bits per heavy atom. The molecule has 2 aromatic heterocycles. The summed E-state index contributed by atoms with van der Waals surface area (Å²) in [6.07, 6.45) is 1.38. The van der Waals surface area contributed by atoms with E-state index in [-0.39, 0.29) is 0 Å². The number of aromatic nitrogens is 2. The second-order valence-corrected chi connectivity index (χ2v) is 7.44. The third kappa shape index (κ3) is 3.69. The van der Waals surface area contributed by atoms with Gasteiger partial charge >= 0.3 is 6.09 Å². The molecule has 25 heavy (non-hydrogen) atoms. The first-order chi connectivity index (χ1) is 11.8.